The molecule has 1 aliphatic rings. The minimum Gasteiger partial charge on any atom is -0.465 e. The van der Waals surface area contributed by atoms with Gasteiger partial charge in [0.1, 0.15) is 6.04 Å². The first-order valence-electron chi connectivity index (χ1n) is 10.4. The maximum atomic E-state index is 13.0. The Balaban J connectivity index is 1.59. The molecule has 2 aromatic carbocycles. The van der Waals surface area contributed by atoms with Gasteiger partial charge in [-0.25, -0.2) is 4.79 Å². The molecule has 0 spiro atoms. The fourth-order valence-corrected chi connectivity index (χ4v) is 3.66. The second kappa shape index (κ2) is 10.6. The van der Waals surface area contributed by atoms with Crippen molar-refractivity contribution in [3.63, 3.8) is 0 Å². The van der Waals surface area contributed by atoms with Crippen molar-refractivity contribution >= 4 is 17.8 Å². The SMILES string of the molecule is COC(=O)c1ccc(CCC(=O)NC(Cc2ccccc2)C(=O)N2CCCC2)cc1. The summed E-state index contributed by atoms with van der Waals surface area (Å²) < 4.78 is 4.69. The average Bonchev–Trinajstić information content (AvgIpc) is 3.32. The van der Waals surface area contributed by atoms with Crippen LogP contribution in [0.4, 0.5) is 0 Å². The number of esters is 1. The van der Waals surface area contributed by atoms with Crippen LogP contribution in [0.3, 0.4) is 0 Å². The Morgan fingerprint density at radius 3 is 2.27 bits per heavy atom. The summed E-state index contributed by atoms with van der Waals surface area (Å²) in [6, 6.07) is 16.2. The molecule has 1 aliphatic heterocycles. The third-order valence-electron chi connectivity index (χ3n) is 5.35. The lowest BCUT2D eigenvalue weighted by Gasteiger charge is -2.24. The fraction of sp³-hybridized carbons (Fsp3) is 0.375. The van der Waals surface area contributed by atoms with Gasteiger partial charge in [0.05, 0.1) is 12.7 Å². The van der Waals surface area contributed by atoms with Crippen molar-refractivity contribution in [3.05, 3.63) is 71.3 Å². The smallest absolute Gasteiger partial charge is 0.337 e. The normalized spacial score (nSPS) is 14.2. The highest BCUT2D eigenvalue weighted by Gasteiger charge is 2.27. The molecule has 0 saturated carbocycles. The summed E-state index contributed by atoms with van der Waals surface area (Å²) in [5.74, 6) is -0.545. The zero-order valence-corrected chi connectivity index (χ0v) is 17.3. The highest BCUT2D eigenvalue weighted by molar-refractivity contribution is 5.89. The molecule has 1 N–H and O–H groups in total. The molecule has 30 heavy (non-hydrogen) atoms. The van der Waals surface area contributed by atoms with Gasteiger partial charge in [0.15, 0.2) is 0 Å². The van der Waals surface area contributed by atoms with Gasteiger partial charge in [0, 0.05) is 25.9 Å². The summed E-state index contributed by atoms with van der Waals surface area (Å²) in [5.41, 5.74) is 2.45. The molecule has 158 valence electrons. The molecule has 0 radical (unpaired) electrons. The molecule has 3 rings (SSSR count). The van der Waals surface area contributed by atoms with Gasteiger partial charge < -0.3 is 15.0 Å². The zero-order chi connectivity index (χ0) is 21.3. The number of amides is 2. The third kappa shape index (κ3) is 5.92. The Hall–Kier alpha value is -3.15. The van der Waals surface area contributed by atoms with Crippen molar-refractivity contribution in [3.8, 4) is 0 Å². The van der Waals surface area contributed by atoms with Crippen molar-refractivity contribution in [2.24, 2.45) is 0 Å². The van der Waals surface area contributed by atoms with Gasteiger partial charge in [-0.2, -0.15) is 0 Å². The van der Waals surface area contributed by atoms with Crippen molar-refractivity contribution in [2.45, 2.75) is 38.1 Å². The summed E-state index contributed by atoms with van der Waals surface area (Å²) >= 11 is 0. The topological polar surface area (TPSA) is 75.7 Å². The second-order valence-corrected chi connectivity index (χ2v) is 7.53. The number of methoxy groups -OCH3 is 1. The van der Waals surface area contributed by atoms with E-state index in [1.165, 1.54) is 7.11 Å². The van der Waals surface area contributed by atoms with Gasteiger partial charge in [-0.1, -0.05) is 42.5 Å². The number of benzene rings is 2. The van der Waals surface area contributed by atoms with Crippen molar-refractivity contribution < 1.29 is 19.1 Å². The summed E-state index contributed by atoms with van der Waals surface area (Å²) in [5, 5.41) is 2.95. The van der Waals surface area contributed by atoms with E-state index in [-0.39, 0.29) is 24.2 Å². The first-order valence-corrected chi connectivity index (χ1v) is 10.4. The predicted molar refractivity (Wildman–Crippen MR) is 114 cm³/mol. The molecule has 2 amide bonds. The Kier molecular flexibility index (Phi) is 7.60. The van der Waals surface area contributed by atoms with Crippen LogP contribution in [-0.2, 0) is 27.2 Å². The second-order valence-electron chi connectivity index (χ2n) is 7.53. The number of aryl methyl sites for hydroxylation is 1. The molecule has 2 aromatic rings. The minimum absolute atomic E-state index is 0.00728. The molecule has 0 aromatic heterocycles. The van der Waals surface area contributed by atoms with Gasteiger partial charge in [-0.15, -0.1) is 0 Å². The van der Waals surface area contributed by atoms with Gasteiger partial charge in [0.2, 0.25) is 11.8 Å². The lowest BCUT2D eigenvalue weighted by molar-refractivity contribution is -0.135. The molecule has 1 heterocycles. The van der Waals surface area contributed by atoms with Gasteiger partial charge in [-0.3, -0.25) is 9.59 Å². The van der Waals surface area contributed by atoms with E-state index < -0.39 is 6.04 Å². The van der Waals surface area contributed by atoms with Crippen LogP contribution in [0, 0.1) is 0 Å². The van der Waals surface area contributed by atoms with Crippen LogP contribution in [0.1, 0.15) is 40.7 Å². The Morgan fingerprint density at radius 2 is 1.63 bits per heavy atom. The van der Waals surface area contributed by atoms with E-state index in [0.29, 0.717) is 18.4 Å². The molecule has 1 atom stereocenters. The summed E-state index contributed by atoms with van der Waals surface area (Å²) in [6.45, 7) is 1.51. The quantitative estimate of drug-likeness (QED) is 0.682. The summed E-state index contributed by atoms with van der Waals surface area (Å²) in [6.07, 6.45) is 3.31. The van der Waals surface area contributed by atoms with E-state index in [1.54, 1.807) is 12.1 Å². The minimum atomic E-state index is -0.556. The number of hydrogen-bond acceptors (Lipinski definition) is 4. The Morgan fingerprint density at radius 1 is 0.967 bits per heavy atom. The maximum absolute atomic E-state index is 13.0. The van der Waals surface area contributed by atoms with Crippen LogP contribution in [0.15, 0.2) is 54.6 Å². The van der Waals surface area contributed by atoms with E-state index in [2.05, 4.69) is 5.32 Å². The van der Waals surface area contributed by atoms with E-state index in [1.807, 2.05) is 47.4 Å². The van der Waals surface area contributed by atoms with Gasteiger partial charge in [-0.05, 0) is 42.5 Å². The third-order valence-corrected chi connectivity index (χ3v) is 5.35. The largest absolute Gasteiger partial charge is 0.465 e. The molecule has 6 heteroatoms. The molecule has 0 bridgehead atoms. The fourth-order valence-electron chi connectivity index (χ4n) is 3.66. The monoisotopic (exact) mass is 408 g/mol. The van der Waals surface area contributed by atoms with Crippen molar-refractivity contribution in [1.82, 2.24) is 10.2 Å². The van der Waals surface area contributed by atoms with Crippen molar-refractivity contribution in [1.29, 1.82) is 0 Å². The first-order chi connectivity index (χ1) is 14.6. The number of rotatable bonds is 8. The number of carbonyl (C=O) groups is 3. The van der Waals surface area contributed by atoms with Crippen LogP contribution >= 0.6 is 0 Å². The molecule has 0 aliphatic carbocycles. The van der Waals surface area contributed by atoms with Crippen LogP contribution < -0.4 is 5.32 Å². The number of nitrogens with zero attached hydrogens (tertiary/aromatic N) is 1. The molecular formula is C24H28N2O4. The molecule has 6 nitrogen and oxygen atoms in total. The van der Waals surface area contributed by atoms with Crippen LogP contribution in [0.2, 0.25) is 0 Å². The Bertz CT molecular complexity index is 859. The maximum Gasteiger partial charge on any atom is 0.337 e. The average molecular weight is 408 g/mol. The zero-order valence-electron chi connectivity index (χ0n) is 17.3. The van der Waals surface area contributed by atoms with Crippen molar-refractivity contribution in [2.75, 3.05) is 20.2 Å². The molecule has 1 fully saturated rings. The van der Waals surface area contributed by atoms with Crippen LogP contribution in [0.25, 0.3) is 0 Å². The highest BCUT2D eigenvalue weighted by atomic mass is 16.5. The Labute approximate surface area is 177 Å². The molecule has 1 unspecified atom stereocenters. The number of nitrogens with one attached hydrogen (secondary N) is 1. The molecule has 1 saturated heterocycles. The van der Waals surface area contributed by atoms with Crippen LogP contribution in [0.5, 0.6) is 0 Å². The van der Waals surface area contributed by atoms with Gasteiger partial charge >= 0.3 is 5.97 Å². The molecular weight excluding hydrogens is 380 g/mol. The van der Waals surface area contributed by atoms with E-state index >= 15 is 0 Å². The van der Waals surface area contributed by atoms with Crippen LogP contribution in [-0.4, -0.2) is 48.9 Å². The first kappa shape index (κ1) is 21.6. The number of carbonyl (C=O) groups excluding carboxylic acids is 3. The van der Waals surface area contributed by atoms with E-state index in [4.69, 9.17) is 4.74 Å². The number of likely N-dealkylation sites (tertiary alicyclic amines) is 1. The van der Waals surface area contributed by atoms with E-state index in [0.717, 1.165) is 37.1 Å². The lowest BCUT2D eigenvalue weighted by Crippen LogP contribution is -2.49. The lowest BCUT2D eigenvalue weighted by atomic mass is 10.0. The number of ether oxygens (including phenoxy) is 1. The standard InChI is InChI=1S/C24H28N2O4/c1-30-24(29)20-12-9-18(10-13-20)11-14-22(27)25-21(17-19-7-3-2-4-8-19)23(28)26-15-5-6-16-26/h2-4,7-10,12-13,21H,5-6,11,14-17H2,1H3,(H,25,27). The summed E-state index contributed by atoms with van der Waals surface area (Å²) in [4.78, 5) is 38.9. The summed E-state index contributed by atoms with van der Waals surface area (Å²) in [7, 11) is 1.34. The number of hydrogen-bond donors (Lipinski definition) is 1. The van der Waals surface area contributed by atoms with E-state index in [9.17, 15) is 14.4 Å². The highest BCUT2D eigenvalue weighted by Crippen LogP contribution is 2.13. The predicted octanol–water partition coefficient (Wildman–Crippen LogP) is 2.76. The van der Waals surface area contributed by atoms with Gasteiger partial charge in [0.25, 0.3) is 0 Å².